The predicted molar refractivity (Wildman–Crippen MR) is 135 cm³/mol. The van der Waals surface area contributed by atoms with Gasteiger partial charge in [-0.25, -0.2) is 24.0 Å². The second-order valence-corrected chi connectivity index (χ2v) is 9.62. The first-order chi connectivity index (χ1) is 17.6. The molecule has 9 heteroatoms. The number of halogens is 1. The fraction of sp³-hybridized carbons (Fsp3) is 0.407. The lowest BCUT2D eigenvalue weighted by atomic mass is 9.90. The number of methoxy groups -OCH3 is 1. The van der Waals surface area contributed by atoms with Crippen molar-refractivity contribution in [1.82, 2.24) is 29.3 Å². The van der Waals surface area contributed by atoms with Crippen molar-refractivity contribution in [2.45, 2.75) is 51.5 Å². The summed E-state index contributed by atoms with van der Waals surface area (Å²) >= 11 is 0. The van der Waals surface area contributed by atoms with E-state index in [4.69, 9.17) is 19.8 Å². The Morgan fingerprint density at radius 2 is 1.83 bits per heavy atom. The van der Waals surface area contributed by atoms with Crippen LogP contribution in [-0.2, 0) is 6.54 Å². The van der Waals surface area contributed by atoms with Crippen molar-refractivity contribution in [3.05, 3.63) is 65.8 Å². The molecule has 6 rings (SSSR count). The first-order valence-corrected chi connectivity index (χ1v) is 12.7. The highest BCUT2D eigenvalue weighted by Gasteiger charge is 2.28. The normalized spacial score (nSPS) is 17.8. The number of rotatable bonds is 5. The van der Waals surface area contributed by atoms with Crippen LogP contribution >= 0.6 is 0 Å². The van der Waals surface area contributed by atoms with Gasteiger partial charge in [-0.1, -0.05) is 6.07 Å². The van der Waals surface area contributed by atoms with Crippen molar-refractivity contribution < 1.29 is 9.13 Å². The molecule has 186 valence electrons. The molecule has 0 amide bonds. The monoisotopic (exact) mass is 487 g/mol. The Kier molecular flexibility index (Phi) is 5.91. The molecule has 8 nitrogen and oxygen atoms in total. The number of nitrogens with zero attached hydrogens (tertiary/aromatic N) is 7. The van der Waals surface area contributed by atoms with E-state index < -0.39 is 0 Å². The summed E-state index contributed by atoms with van der Waals surface area (Å²) in [5.74, 6) is 1.88. The molecule has 0 unspecified atom stereocenters. The van der Waals surface area contributed by atoms with Crippen LogP contribution in [0, 0.1) is 12.7 Å². The maximum absolute atomic E-state index is 14.8. The van der Waals surface area contributed by atoms with E-state index in [9.17, 15) is 4.39 Å². The second kappa shape index (κ2) is 9.37. The fourth-order valence-electron chi connectivity index (χ4n) is 5.36. The lowest BCUT2D eigenvalue weighted by molar-refractivity contribution is 0.396. The minimum Gasteiger partial charge on any atom is -0.479 e. The number of aromatic nitrogens is 6. The maximum Gasteiger partial charge on any atom is 0.238 e. The van der Waals surface area contributed by atoms with E-state index in [-0.39, 0.29) is 11.7 Å². The van der Waals surface area contributed by atoms with Crippen molar-refractivity contribution in [2.24, 2.45) is 0 Å². The van der Waals surface area contributed by atoms with Gasteiger partial charge in [-0.3, -0.25) is 0 Å². The lowest BCUT2D eigenvalue weighted by Crippen LogP contribution is -2.30. The zero-order valence-corrected chi connectivity index (χ0v) is 20.7. The third kappa shape index (κ3) is 4.12. The smallest absolute Gasteiger partial charge is 0.238 e. The van der Waals surface area contributed by atoms with Crippen molar-refractivity contribution in [3.63, 3.8) is 0 Å². The standard InChI is InChI=1S/C27H30FN7O/c1-18-16-34(17-29-18)23-11-10-22(30-27(23)36-2)25-31-26-20(7-6-14-35(26)32-25)19-8-9-21(28)24(15-19)33-12-4-3-5-13-33/h8-11,15-17,20H,3-7,12-14H2,1-2H3/t20-/m1/s1. The Morgan fingerprint density at radius 1 is 0.972 bits per heavy atom. The molecule has 1 aromatic carbocycles. The Balaban J connectivity index is 1.33. The van der Waals surface area contributed by atoms with Crippen LogP contribution in [0.5, 0.6) is 5.88 Å². The van der Waals surface area contributed by atoms with Crippen LogP contribution in [0.25, 0.3) is 17.2 Å². The van der Waals surface area contributed by atoms with Crippen molar-refractivity contribution in [1.29, 1.82) is 0 Å². The molecule has 0 N–H and O–H groups in total. The van der Waals surface area contributed by atoms with Crippen LogP contribution in [0.15, 0.2) is 42.9 Å². The van der Waals surface area contributed by atoms with Gasteiger partial charge in [0, 0.05) is 31.7 Å². The summed E-state index contributed by atoms with van der Waals surface area (Å²) in [7, 11) is 1.61. The van der Waals surface area contributed by atoms with Gasteiger partial charge < -0.3 is 14.2 Å². The van der Waals surface area contributed by atoms with Gasteiger partial charge in [0.1, 0.15) is 23.0 Å². The third-order valence-electron chi connectivity index (χ3n) is 7.20. The molecule has 0 aliphatic carbocycles. The van der Waals surface area contributed by atoms with Crippen LogP contribution in [0.1, 0.15) is 55.1 Å². The van der Waals surface area contributed by atoms with Gasteiger partial charge in [0.25, 0.3) is 0 Å². The van der Waals surface area contributed by atoms with Crippen molar-refractivity contribution in [3.8, 4) is 23.1 Å². The Hall–Kier alpha value is -3.75. The van der Waals surface area contributed by atoms with Gasteiger partial charge in [0.05, 0.1) is 24.8 Å². The van der Waals surface area contributed by atoms with Crippen LogP contribution in [0.2, 0.25) is 0 Å². The molecule has 0 spiro atoms. The molecule has 2 aliphatic heterocycles. The molecular weight excluding hydrogens is 457 g/mol. The number of hydrogen-bond donors (Lipinski definition) is 0. The highest BCUT2D eigenvalue weighted by atomic mass is 19.1. The van der Waals surface area contributed by atoms with Gasteiger partial charge in [-0.05, 0) is 68.9 Å². The molecule has 0 radical (unpaired) electrons. The van der Waals surface area contributed by atoms with Crippen LogP contribution in [-0.4, -0.2) is 49.5 Å². The number of pyridine rings is 1. The molecule has 0 bridgehead atoms. The number of anilines is 1. The van der Waals surface area contributed by atoms with Crippen LogP contribution < -0.4 is 9.64 Å². The zero-order valence-electron chi connectivity index (χ0n) is 20.7. The molecule has 4 aromatic rings. The average molecular weight is 488 g/mol. The number of imidazole rings is 1. The van der Waals surface area contributed by atoms with E-state index in [1.54, 1.807) is 19.5 Å². The van der Waals surface area contributed by atoms with E-state index in [1.807, 2.05) is 46.6 Å². The van der Waals surface area contributed by atoms with E-state index in [0.717, 1.165) is 68.1 Å². The van der Waals surface area contributed by atoms with Gasteiger partial charge in [0.2, 0.25) is 5.88 Å². The summed E-state index contributed by atoms with van der Waals surface area (Å²) in [6.45, 7) is 4.57. The molecule has 1 fully saturated rings. The summed E-state index contributed by atoms with van der Waals surface area (Å²) < 4.78 is 24.2. The molecule has 0 saturated carbocycles. The number of hydrogen-bond acceptors (Lipinski definition) is 6. The van der Waals surface area contributed by atoms with Gasteiger partial charge in [0.15, 0.2) is 5.82 Å². The lowest BCUT2D eigenvalue weighted by Gasteiger charge is -2.30. The van der Waals surface area contributed by atoms with Gasteiger partial charge in [-0.2, -0.15) is 0 Å². The number of piperidine rings is 1. The third-order valence-corrected chi connectivity index (χ3v) is 7.20. The van der Waals surface area contributed by atoms with Gasteiger partial charge in [-0.15, -0.1) is 5.10 Å². The minimum atomic E-state index is -0.150. The Bertz CT molecular complexity index is 1390. The summed E-state index contributed by atoms with van der Waals surface area (Å²) in [6, 6.07) is 9.40. The highest BCUT2D eigenvalue weighted by Crippen LogP contribution is 2.36. The first-order valence-electron chi connectivity index (χ1n) is 12.7. The highest BCUT2D eigenvalue weighted by molar-refractivity contribution is 5.56. The summed E-state index contributed by atoms with van der Waals surface area (Å²) in [4.78, 5) is 16.1. The molecule has 36 heavy (non-hydrogen) atoms. The SMILES string of the molecule is COc1nc(-c2nc3n(n2)CCC[C@@H]3c2ccc(F)c(N3CCCCC3)c2)ccc1-n1cnc(C)c1. The van der Waals surface area contributed by atoms with Gasteiger partial charge >= 0.3 is 0 Å². The van der Waals surface area contributed by atoms with Crippen molar-refractivity contribution >= 4 is 5.69 Å². The topological polar surface area (TPSA) is 73.9 Å². The van der Waals surface area contributed by atoms with Crippen LogP contribution in [0.4, 0.5) is 10.1 Å². The van der Waals surface area contributed by atoms with Crippen molar-refractivity contribution in [2.75, 3.05) is 25.1 Å². The number of benzene rings is 1. The van der Waals surface area contributed by atoms with E-state index in [2.05, 4.69) is 9.88 Å². The maximum atomic E-state index is 14.8. The predicted octanol–water partition coefficient (Wildman–Crippen LogP) is 4.90. The average Bonchev–Trinajstić information content (AvgIpc) is 3.55. The Labute approximate surface area is 209 Å². The molecule has 1 saturated heterocycles. The van der Waals surface area contributed by atoms with E-state index in [0.29, 0.717) is 23.1 Å². The number of ether oxygens (including phenoxy) is 1. The summed E-state index contributed by atoms with van der Waals surface area (Å²) in [5.41, 5.74) is 4.18. The largest absolute Gasteiger partial charge is 0.479 e. The quantitative estimate of drug-likeness (QED) is 0.399. The Morgan fingerprint density at radius 3 is 2.61 bits per heavy atom. The molecular formula is C27H30FN7O. The molecule has 5 heterocycles. The number of fused-ring (bicyclic) bond motifs is 1. The molecule has 3 aromatic heterocycles. The fourth-order valence-corrected chi connectivity index (χ4v) is 5.36. The second-order valence-electron chi connectivity index (χ2n) is 9.62. The summed E-state index contributed by atoms with van der Waals surface area (Å²) in [6.07, 6.45) is 9.06. The molecule has 1 atom stereocenters. The zero-order chi connectivity index (χ0) is 24.6. The number of aryl methyl sites for hydroxylation is 2. The van der Waals surface area contributed by atoms with E-state index in [1.165, 1.54) is 6.42 Å². The summed E-state index contributed by atoms with van der Waals surface area (Å²) in [5, 5.41) is 4.79. The first kappa shape index (κ1) is 22.7. The molecule has 2 aliphatic rings. The minimum absolute atomic E-state index is 0.0687. The van der Waals surface area contributed by atoms with E-state index >= 15 is 0 Å². The van der Waals surface area contributed by atoms with Crippen LogP contribution in [0.3, 0.4) is 0 Å².